The number of benzene rings is 1. The third kappa shape index (κ3) is 6.22. The van der Waals surface area contributed by atoms with Crippen LogP contribution in [0.25, 0.3) is 0 Å². The zero-order valence-electron chi connectivity index (χ0n) is 14.9. The SMILES string of the molecule is CCOC(=O)c1cnc(OC(=O)NC(=O)CN)c(OCc2ccc(Cl)cc2)c1. The monoisotopic (exact) mass is 407 g/mol. The lowest BCUT2D eigenvalue weighted by atomic mass is 10.2. The van der Waals surface area contributed by atoms with E-state index in [1.807, 2.05) is 5.32 Å². The molecule has 9 nitrogen and oxygen atoms in total. The minimum atomic E-state index is -1.08. The van der Waals surface area contributed by atoms with Crippen molar-refractivity contribution in [2.24, 2.45) is 5.73 Å². The average molecular weight is 408 g/mol. The normalized spacial score (nSPS) is 10.1. The van der Waals surface area contributed by atoms with E-state index >= 15 is 0 Å². The van der Waals surface area contributed by atoms with Gasteiger partial charge in [-0.2, -0.15) is 0 Å². The second-order valence-electron chi connectivity index (χ2n) is 5.30. The summed E-state index contributed by atoms with van der Waals surface area (Å²) in [6.45, 7) is 1.55. The molecule has 3 N–H and O–H groups in total. The molecular weight excluding hydrogens is 390 g/mol. The van der Waals surface area contributed by atoms with E-state index in [-0.39, 0.29) is 37.0 Å². The first-order valence-electron chi connectivity index (χ1n) is 8.19. The lowest BCUT2D eigenvalue weighted by Gasteiger charge is -2.12. The van der Waals surface area contributed by atoms with Crippen LogP contribution in [-0.2, 0) is 16.1 Å². The standard InChI is InChI=1S/C18H18ClN3O6/c1-2-26-17(24)12-7-14(27-10-11-3-5-13(19)6-4-11)16(21-9-12)28-18(25)22-15(23)8-20/h3-7,9H,2,8,10,20H2,1H3,(H,22,23,25). The molecule has 0 fully saturated rings. The summed E-state index contributed by atoms with van der Waals surface area (Å²) in [5.41, 5.74) is 6.01. The third-order valence-electron chi connectivity index (χ3n) is 3.25. The van der Waals surface area contributed by atoms with Gasteiger partial charge in [0.05, 0.1) is 18.7 Å². The first kappa shape index (κ1) is 21.1. The van der Waals surface area contributed by atoms with Crippen molar-refractivity contribution in [2.75, 3.05) is 13.2 Å². The molecule has 0 saturated heterocycles. The fourth-order valence-electron chi connectivity index (χ4n) is 1.96. The van der Waals surface area contributed by atoms with E-state index in [4.69, 9.17) is 31.5 Å². The van der Waals surface area contributed by atoms with Crippen molar-refractivity contribution in [3.05, 3.63) is 52.7 Å². The molecule has 0 aliphatic rings. The number of imide groups is 1. The minimum Gasteiger partial charge on any atom is -0.483 e. The molecule has 2 amide bonds. The Balaban J connectivity index is 2.21. The van der Waals surface area contributed by atoms with Gasteiger partial charge in [0.15, 0.2) is 5.75 Å². The molecule has 1 aromatic heterocycles. The summed E-state index contributed by atoms with van der Waals surface area (Å²) in [4.78, 5) is 38.8. The Morgan fingerprint density at radius 2 is 1.93 bits per heavy atom. The van der Waals surface area contributed by atoms with Crippen LogP contribution >= 0.6 is 11.6 Å². The Morgan fingerprint density at radius 3 is 2.57 bits per heavy atom. The van der Waals surface area contributed by atoms with Crippen LogP contribution in [0.5, 0.6) is 11.6 Å². The van der Waals surface area contributed by atoms with Crippen LogP contribution in [0, 0.1) is 0 Å². The Hall–Kier alpha value is -3.17. The first-order valence-corrected chi connectivity index (χ1v) is 8.56. The van der Waals surface area contributed by atoms with Crippen LogP contribution < -0.4 is 20.5 Å². The number of ether oxygens (including phenoxy) is 3. The van der Waals surface area contributed by atoms with Crippen LogP contribution in [0.1, 0.15) is 22.8 Å². The number of nitrogens with one attached hydrogen (secondary N) is 1. The molecule has 0 unspecified atom stereocenters. The quantitative estimate of drug-likeness (QED) is 0.667. The number of pyridine rings is 1. The number of nitrogens with zero attached hydrogens (tertiary/aromatic N) is 1. The number of esters is 1. The smallest absolute Gasteiger partial charge is 0.420 e. The summed E-state index contributed by atoms with van der Waals surface area (Å²) in [5.74, 6) is -1.56. The van der Waals surface area contributed by atoms with Gasteiger partial charge in [0.2, 0.25) is 5.91 Å². The molecule has 1 aromatic carbocycles. The van der Waals surface area contributed by atoms with E-state index in [1.165, 1.54) is 12.3 Å². The number of hydrogen-bond donors (Lipinski definition) is 2. The maximum absolute atomic E-state index is 11.9. The van der Waals surface area contributed by atoms with Gasteiger partial charge >= 0.3 is 12.1 Å². The van der Waals surface area contributed by atoms with Crippen LogP contribution in [0.15, 0.2) is 36.5 Å². The van der Waals surface area contributed by atoms with Crippen LogP contribution in [-0.4, -0.2) is 36.1 Å². The van der Waals surface area contributed by atoms with E-state index in [0.29, 0.717) is 5.02 Å². The zero-order valence-corrected chi connectivity index (χ0v) is 15.7. The highest BCUT2D eigenvalue weighted by Gasteiger charge is 2.18. The molecule has 0 atom stereocenters. The number of carbonyl (C=O) groups is 3. The second kappa shape index (κ2) is 10.2. The van der Waals surface area contributed by atoms with Crippen molar-refractivity contribution in [3.63, 3.8) is 0 Å². The van der Waals surface area contributed by atoms with Gasteiger partial charge in [-0.25, -0.2) is 14.6 Å². The van der Waals surface area contributed by atoms with E-state index in [2.05, 4.69) is 4.98 Å². The molecule has 0 aliphatic carbocycles. The summed E-state index contributed by atoms with van der Waals surface area (Å²) in [6.07, 6.45) is 0.0868. The van der Waals surface area contributed by atoms with E-state index in [9.17, 15) is 14.4 Å². The number of nitrogens with two attached hydrogens (primary N) is 1. The highest BCUT2D eigenvalue weighted by atomic mass is 35.5. The van der Waals surface area contributed by atoms with Crippen molar-refractivity contribution in [1.82, 2.24) is 10.3 Å². The topological polar surface area (TPSA) is 130 Å². The largest absolute Gasteiger partial charge is 0.483 e. The lowest BCUT2D eigenvalue weighted by molar-refractivity contribution is -0.118. The van der Waals surface area contributed by atoms with Crippen molar-refractivity contribution >= 4 is 29.6 Å². The lowest BCUT2D eigenvalue weighted by Crippen LogP contribution is -2.37. The maximum atomic E-state index is 11.9. The summed E-state index contributed by atoms with van der Waals surface area (Å²) < 4.78 is 15.5. The highest BCUT2D eigenvalue weighted by molar-refractivity contribution is 6.30. The number of halogens is 1. The molecule has 0 spiro atoms. The summed E-state index contributed by atoms with van der Waals surface area (Å²) in [5, 5.41) is 2.49. The van der Waals surface area contributed by atoms with Crippen molar-refractivity contribution < 1.29 is 28.6 Å². The molecule has 2 aromatic rings. The van der Waals surface area contributed by atoms with Gasteiger partial charge in [0, 0.05) is 17.3 Å². The fourth-order valence-corrected chi connectivity index (χ4v) is 2.08. The molecule has 148 valence electrons. The van der Waals surface area contributed by atoms with Crippen LogP contribution in [0.4, 0.5) is 4.79 Å². The average Bonchev–Trinajstić information content (AvgIpc) is 2.68. The predicted octanol–water partition coefficient (Wildman–Crippen LogP) is 2.06. The van der Waals surface area contributed by atoms with Gasteiger partial charge in [0.25, 0.3) is 5.88 Å². The van der Waals surface area contributed by atoms with Gasteiger partial charge in [-0.15, -0.1) is 0 Å². The van der Waals surface area contributed by atoms with Crippen LogP contribution in [0.3, 0.4) is 0 Å². The molecule has 0 bridgehead atoms. The Labute approximate surface area is 165 Å². The molecule has 0 saturated carbocycles. The first-order chi connectivity index (χ1) is 13.4. The fraction of sp³-hybridized carbons (Fsp3) is 0.222. The molecule has 28 heavy (non-hydrogen) atoms. The summed E-state index contributed by atoms with van der Waals surface area (Å²) in [6, 6.07) is 8.21. The molecule has 0 radical (unpaired) electrons. The minimum absolute atomic E-state index is 0.0100. The van der Waals surface area contributed by atoms with Crippen molar-refractivity contribution in [2.45, 2.75) is 13.5 Å². The van der Waals surface area contributed by atoms with E-state index in [0.717, 1.165) is 5.56 Å². The Morgan fingerprint density at radius 1 is 1.21 bits per heavy atom. The van der Waals surface area contributed by atoms with Gasteiger partial charge < -0.3 is 19.9 Å². The van der Waals surface area contributed by atoms with Crippen LogP contribution in [0.2, 0.25) is 5.02 Å². The Kier molecular flexibility index (Phi) is 7.73. The number of hydrogen-bond acceptors (Lipinski definition) is 8. The molecule has 10 heteroatoms. The molecule has 2 rings (SSSR count). The number of aromatic nitrogens is 1. The molecular formula is C18H18ClN3O6. The van der Waals surface area contributed by atoms with Gasteiger partial charge in [-0.05, 0) is 24.6 Å². The predicted molar refractivity (Wildman–Crippen MR) is 99.2 cm³/mol. The van der Waals surface area contributed by atoms with Crippen molar-refractivity contribution in [1.29, 1.82) is 0 Å². The number of carbonyl (C=O) groups excluding carboxylic acids is 3. The Bertz CT molecular complexity index is 857. The van der Waals surface area contributed by atoms with Gasteiger partial charge in [0.1, 0.15) is 6.61 Å². The third-order valence-corrected chi connectivity index (χ3v) is 3.51. The number of rotatable bonds is 7. The van der Waals surface area contributed by atoms with E-state index < -0.39 is 18.0 Å². The second-order valence-corrected chi connectivity index (χ2v) is 5.74. The van der Waals surface area contributed by atoms with Crippen molar-refractivity contribution in [3.8, 4) is 11.6 Å². The van der Waals surface area contributed by atoms with E-state index in [1.54, 1.807) is 31.2 Å². The molecule has 0 aliphatic heterocycles. The molecule has 1 heterocycles. The van der Waals surface area contributed by atoms with Gasteiger partial charge in [-0.1, -0.05) is 23.7 Å². The highest BCUT2D eigenvalue weighted by Crippen LogP contribution is 2.27. The summed E-state index contributed by atoms with van der Waals surface area (Å²) in [7, 11) is 0. The summed E-state index contributed by atoms with van der Waals surface area (Å²) >= 11 is 5.85. The van der Waals surface area contributed by atoms with Gasteiger partial charge in [-0.3, -0.25) is 10.1 Å². The zero-order chi connectivity index (χ0) is 20.5. The maximum Gasteiger partial charge on any atom is 0.420 e. The number of amides is 2.